The van der Waals surface area contributed by atoms with Crippen molar-refractivity contribution in [1.29, 1.82) is 0 Å². The first-order chi connectivity index (χ1) is 12.8. The van der Waals surface area contributed by atoms with Crippen LogP contribution in [0.2, 0.25) is 5.02 Å². The first-order valence-electron chi connectivity index (χ1n) is 9.47. The third-order valence-electron chi connectivity index (χ3n) is 6.60. The molecular weight excluding hydrogens is 371 g/mol. The van der Waals surface area contributed by atoms with E-state index < -0.39 is 5.82 Å². The summed E-state index contributed by atoms with van der Waals surface area (Å²) in [6.07, 6.45) is 3.94. The summed E-state index contributed by atoms with van der Waals surface area (Å²) in [5.41, 5.74) is -0.0539. The number of amides is 2. The van der Waals surface area contributed by atoms with E-state index in [1.165, 1.54) is 18.2 Å². The Morgan fingerprint density at radius 2 is 2.07 bits per heavy atom. The van der Waals surface area contributed by atoms with Crippen LogP contribution in [0.3, 0.4) is 0 Å². The van der Waals surface area contributed by atoms with E-state index in [1.54, 1.807) is 6.92 Å². The fourth-order valence-corrected chi connectivity index (χ4v) is 5.71. The van der Waals surface area contributed by atoms with Gasteiger partial charge in [-0.1, -0.05) is 18.5 Å². The summed E-state index contributed by atoms with van der Waals surface area (Å²) in [4.78, 5) is 29.1. The summed E-state index contributed by atoms with van der Waals surface area (Å²) in [5, 5.41) is -0.0318. The molecule has 1 aliphatic carbocycles. The fourth-order valence-electron chi connectivity index (χ4n) is 5.54. The molecule has 7 heteroatoms. The maximum Gasteiger partial charge on any atom is 0.260 e. The zero-order valence-corrected chi connectivity index (χ0v) is 16.3. The van der Waals surface area contributed by atoms with Gasteiger partial charge in [0.1, 0.15) is 11.6 Å². The highest BCUT2D eigenvalue weighted by molar-refractivity contribution is 6.30. The van der Waals surface area contributed by atoms with Crippen molar-refractivity contribution in [3.63, 3.8) is 0 Å². The second-order valence-electron chi connectivity index (χ2n) is 8.16. The van der Waals surface area contributed by atoms with Gasteiger partial charge in [0, 0.05) is 37.0 Å². The van der Waals surface area contributed by atoms with E-state index in [4.69, 9.17) is 16.3 Å². The lowest BCUT2D eigenvalue weighted by molar-refractivity contribution is -0.142. The van der Waals surface area contributed by atoms with Crippen LogP contribution >= 0.6 is 11.6 Å². The minimum absolute atomic E-state index is 0.0318. The summed E-state index contributed by atoms with van der Waals surface area (Å²) in [5.74, 6) is -0.149. The van der Waals surface area contributed by atoms with Crippen molar-refractivity contribution in [2.45, 2.75) is 57.7 Å². The minimum Gasteiger partial charge on any atom is -0.484 e. The van der Waals surface area contributed by atoms with Gasteiger partial charge in [-0.3, -0.25) is 9.59 Å². The summed E-state index contributed by atoms with van der Waals surface area (Å²) >= 11 is 5.77. The average Bonchev–Trinajstić information content (AvgIpc) is 2.92. The van der Waals surface area contributed by atoms with Gasteiger partial charge in [-0.15, -0.1) is 0 Å². The predicted molar refractivity (Wildman–Crippen MR) is 99.1 cm³/mol. The maximum absolute atomic E-state index is 13.3. The molecule has 0 aromatic heterocycles. The first kappa shape index (κ1) is 18.5. The third-order valence-corrected chi connectivity index (χ3v) is 6.89. The molecule has 0 N–H and O–H groups in total. The second-order valence-corrected chi connectivity index (χ2v) is 8.57. The van der Waals surface area contributed by atoms with Crippen molar-refractivity contribution in [2.24, 2.45) is 5.41 Å². The third kappa shape index (κ3) is 2.98. The van der Waals surface area contributed by atoms with Crippen LogP contribution < -0.4 is 4.74 Å². The van der Waals surface area contributed by atoms with E-state index >= 15 is 0 Å². The molecule has 0 radical (unpaired) electrons. The van der Waals surface area contributed by atoms with Crippen molar-refractivity contribution < 1.29 is 18.7 Å². The van der Waals surface area contributed by atoms with Gasteiger partial charge in [-0.05, 0) is 37.8 Å². The number of hydrogen-bond donors (Lipinski definition) is 0. The van der Waals surface area contributed by atoms with Gasteiger partial charge in [-0.25, -0.2) is 4.39 Å². The van der Waals surface area contributed by atoms with Gasteiger partial charge in [0.25, 0.3) is 5.91 Å². The van der Waals surface area contributed by atoms with Gasteiger partial charge >= 0.3 is 0 Å². The molecule has 27 heavy (non-hydrogen) atoms. The van der Waals surface area contributed by atoms with Crippen LogP contribution in [0.1, 0.15) is 39.5 Å². The van der Waals surface area contributed by atoms with Crippen molar-refractivity contribution in [3.8, 4) is 5.75 Å². The number of ether oxygens (including phenoxy) is 1. The van der Waals surface area contributed by atoms with E-state index in [2.05, 4.69) is 6.92 Å². The predicted octanol–water partition coefficient (Wildman–Crippen LogP) is 3.25. The molecular formula is C20H24ClFN2O3. The van der Waals surface area contributed by atoms with E-state index in [9.17, 15) is 14.0 Å². The zero-order chi connectivity index (χ0) is 19.3. The largest absolute Gasteiger partial charge is 0.484 e. The van der Waals surface area contributed by atoms with E-state index in [1.807, 2.05) is 9.80 Å². The van der Waals surface area contributed by atoms with Gasteiger partial charge in [0.05, 0.1) is 11.1 Å². The molecule has 0 unspecified atom stereocenters. The number of benzene rings is 1. The maximum atomic E-state index is 13.3. The molecule has 5 nitrogen and oxygen atoms in total. The number of hydrogen-bond acceptors (Lipinski definition) is 3. The Labute approximate surface area is 163 Å². The Kier molecular flexibility index (Phi) is 4.57. The molecule has 1 saturated carbocycles. The average molecular weight is 395 g/mol. The number of nitrogens with zero attached hydrogens (tertiary/aromatic N) is 2. The van der Waals surface area contributed by atoms with Crippen molar-refractivity contribution >= 4 is 23.4 Å². The first-order valence-corrected chi connectivity index (χ1v) is 9.85. The van der Waals surface area contributed by atoms with Crippen LogP contribution in [0.5, 0.6) is 5.75 Å². The standard InChI is InChI=1S/C20H24ClFN2O3/c1-12(25)24-13-9-20(2)17(4-3-5-18(20)24)23(10-13)19(26)11-27-14-6-7-16(22)15(21)8-14/h6-8,13,17-18H,3-5,9-11H2,1-2H3/t13-,17+,18-,20+/m0/s1. The highest BCUT2D eigenvalue weighted by atomic mass is 35.5. The Balaban J connectivity index is 1.51. The topological polar surface area (TPSA) is 49.9 Å². The zero-order valence-electron chi connectivity index (χ0n) is 15.6. The molecule has 2 saturated heterocycles. The molecule has 2 aliphatic heterocycles. The Morgan fingerprint density at radius 1 is 1.33 bits per heavy atom. The van der Waals surface area contributed by atoms with E-state index in [0.717, 1.165) is 25.7 Å². The molecule has 1 aromatic rings. The van der Waals surface area contributed by atoms with Gasteiger partial charge in [0.15, 0.2) is 6.61 Å². The molecule has 2 bridgehead atoms. The number of likely N-dealkylation sites (tertiary alicyclic amines) is 2. The number of fused-ring (bicyclic) bond motifs is 1. The van der Waals surface area contributed by atoms with Crippen LogP contribution in [0.25, 0.3) is 0 Å². The molecule has 4 rings (SSSR count). The summed E-state index contributed by atoms with van der Waals surface area (Å²) in [7, 11) is 0. The molecule has 3 fully saturated rings. The van der Waals surface area contributed by atoms with Gasteiger partial charge in [-0.2, -0.15) is 0 Å². The Morgan fingerprint density at radius 3 is 2.78 bits per heavy atom. The molecule has 2 amide bonds. The van der Waals surface area contributed by atoms with Crippen molar-refractivity contribution in [2.75, 3.05) is 13.2 Å². The molecule has 2 heterocycles. The van der Waals surface area contributed by atoms with Crippen LogP contribution in [-0.4, -0.2) is 52.9 Å². The SMILES string of the molecule is CC(=O)N1[C@@H]2CN(C(=O)COc3ccc(F)c(Cl)c3)[C@@H]3CCC[C@H]1[C@]3(C)C2. The highest BCUT2D eigenvalue weighted by Gasteiger charge is 2.61. The van der Waals surface area contributed by atoms with Crippen LogP contribution in [0.4, 0.5) is 4.39 Å². The van der Waals surface area contributed by atoms with Gasteiger partial charge < -0.3 is 14.5 Å². The van der Waals surface area contributed by atoms with Crippen LogP contribution in [0, 0.1) is 11.2 Å². The van der Waals surface area contributed by atoms with E-state index in [-0.39, 0.29) is 47.0 Å². The second kappa shape index (κ2) is 6.66. The number of carbonyl (C=O) groups is 2. The monoisotopic (exact) mass is 394 g/mol. The van der Waals surface area contributed by atoms with E-state index in [0.29, 0.717) is 12.3 Å². The van der Waals surface area contributed by atoms with Gasteiger partial charge in [0.2, 0.25) is 5.91 Å². The number of carbonyl (C=O) groups excluding carboxylic acids is 2. The van der Waals surface area contributed by atoms with Crippen LogP contribution in [-0.2, 0) is 9.59 Å². The Bertz CT molecular complexity index is 788. The lowest BCUT2D eigenvalue weighted by atomic mass is 9.66. The number of piperidine rings is 1. The molecule has 1 aromatic carbocycles. The lowest BCUT2D eigenvalue weighted by Gasteiger charge is -2.49. The lowest BCUT2D eigenvalue weighted by Crippen LogP contribution is -2.58. The number of halogens is 2. The normalized spacial score (nSPS) is 31.8. The Hall–Kier alpha value is -1.82. The summed E-state index contributed by atoms with van der Waals surface area (Å²) in [6.45, 7) is 4.29. The number of rotatable bonds is 3. The van der Waals surface area contributed by atoms with Crippen molar-refractivity contribution in [1.82, 2.24) is 9.80 Å². The summed E-state index contributed by atoms with van der Waals surface area (Å²) < 4.78 is 18.8. The minimum atomic E-state index is -0.520. The molecule has 0 spiro atoms. The fraction of sp³-hybridized carbons (Fsp3) is 0.600. The smallest absolute Gasteiger partial charge is 0.260 e. The molecule has 4 atom stereocenters. The highest BCUT2D eigenvalue weighted by Crippen LogP contribution is 2.54. The van der Waals surface area contributed by atoms with Crippen molar-refractivity contribution in [3.05, 3.63) is 29.0 Å². The molecule has 3 aliphatic rings. The summed E-state index contributed by atoms with van der Waals surface area (Å²) in [6, 6.07) is 4.48. The molecule has 146 valence electrons. The van der Waals surface area contributed by atoms with Crippen LogP contribution in [0.15, 0.2) is 18.2 Å². The quantitative estimate of drug-likeness (QED) is 0.790.